The maximum Gasteiger partial charge on any atom is 0.0992 e. The third-order valence-corrected chi connectivity index (χ3v) is 2.81. The average molecular weight is 259 g/mol. The molecule has 0 bridgehead atoms. The van der Waals surface area contributed by atoms with Crippen LogP contribution in [-0.2, 0) is 0 Å². The molecule has 2 aromatic rings. The second-order valence-electron chi connectivity index (χ2n) is 3.80. The number of benzene rings is 1. The Morgan fingerprint density at radius 2 is 2.22 bits per heavy atom. The van der Waals surface area contributed by atoms with E-state index in [1.807, 2.05) is 13.0 Å². The van der Waals surface area contributed by atoms with E-state index in [-0.39, 0.29) is 6.04 Å². The van der Waals surface area contributed by atoms with Gasteiger partial charge in [0, 0.05) is 12.4 Å². The molecule has 90 valence electrons. The first kappa shape index (κ1) is 12.3. The van der Waals surface area contributed by atoms with Crippen LogP contribution in [0.2, 0.25) is 5.02 Å². The molecule has 0 saturated heterocycles. The van der Waals surface area contributed by atoms with Crippen molar-refractivity contribution < 1.29 is 0 Å². The van der Waals surface area contributed by atoms with E-state index < -0.39 is 0 Å². The van der Waals surface area contributed by atoms with Crippen LogP contribution in [-0.4, -0.2) is 9.97 Å². The minimum Gasteiger partial charge on any atom is -0.376 e. The van der Waals surface area contributed by atoms with Crippen molar-refractivity contribution in [2.45, 2.75) is 13.0 Å². The van der Waals surface area contributed by atoms with Crippen LogP contribution >= 0.6 is 11.6 Å². The standard InChI is InChI=1S/C13H11ClN4/c1-9(13-8-16-4-5-17-13)18-12-3-2-10(7-15)6-11(12)14/h2-6,8-9,18H,1H3. The van der Waals surface area contributed by atoms with Crippen molar-refractivity contribution in [1.29, 1.82) is 5.26 Å². The van der Waals surface area contributed by atoms with Gasteiger partial charge in [0.2, 0.25) is 0 Å². The van der Waals surface area contributed by atoms with Crippen molar-refractivity contribution in [1.82, 2.24) is 9.97 Å². The van der Waals surface area contributed by atoms with E-state index in [1.165, 1.54) is 0 Å². The number of anilines is 1. The largest absolute Gasteiger partial charge is 0.376 e. The quantitative estimate of drug-likeness (QED) is 0.919. The summed E-state index contributed by atoms with van der Waals surface area (Å²) in [6, 6.07) is 7.17. The van der Waals surface area contributed by atoms with Gasteiger partial charge in [0.1, 0.15) is 0 Å². The predicted molar refractivity (Wildman–Crippen MR) is 70.2 cm³/mol. The molecule has 0 aliphatic carbocycles. The summed E-state index contributed by atoms with van der Waals surface area (Å²) in [5, 5.41) is 12.5. The van der Waals surface area contributed by atoms with Crippen LogP contribution < -0.4 is 5.32 Å². The van der Waals surface area contributed by atoms with E-state index in [2.05, 4.69) is 15.3 Å². The number of nitrogens with one attached hydrogen (secondary N) is 1. The summed E-state index contributed by atoms with van der Waals surface area (Å²) in [5.74, 6) is 0. The zero-order chi connectivity index (χ0) is 13.0. The van der Waals surface area contributed by atoms with Crippen LogP contribution in [0.3, 0.4) is 0 Å². The maximum atomic E-state index is 8.77. The third-order valence-electron chi connectivity index (χ3n) is 2.50. The molecule has 1 heterocycles. The Kier molecular flexibility index (Phi) is 3.75. The molecule has 4 nitrogen and oxygen atoms in total. The smallest absolute Gasteiger partial charge is 0.0992 e. The third kappa shape index (κ3) is 2.76. The number of nitriles is 1. The topological polar surface area (TPSA) is 61.6 Å². The van der Waals surface area contributed by atoms with Gasteiger partial charge in [-0.1, -0.05) is 11.6 Å². The molecule has 0 amide bonds. The Balaban J connectivity index is 2.18. The lowest BCUT2D eigenvalue weighted by atomic mass is 10.2. The van der Waals surface area contributed by atoms with Crippen molar-refractivity contribution in [3.8, 4) is 6.07 Å². The number of rotatable bonds is 3. The lowest BCUT2D eigenvalue weighted by molar-refractivity contribution is 0.827. The monoisotopic (exact) mass is 258 g/mol. The number of hydrogen-bond donors (Lipinski definition) is 1. The van der Waals surface area contributed by atoms with Gasteiger partial charge >= 0.3 is 0 Å². The Labute approximate surface area is 110 Å². The Morgan fingerprint density at radius 1 is 1.39 bits per heavy atom. The molecule has 0 aliphatic rings. The molecule has 0 aliphatic heterocycles. The zero-order valence-electron chi connectivity index (χ0n) is 9.76. The van der Waals surface area contributed by atoms with Crippen molar-refractivity contribution >= 4 is 17.3 Å². The van der Waals surface area contributed by atoms with E-state index in [1.54, 1.807) is 36.8 Å². The van der Waals surface area contributed by atoms with Gasteiger partial charge in [0.15, 0.2) is 0 Å². The van der Waals surface area contributed by atoms with Gasteiger partial charge in [-0.25, -0.2) is 0 Å². The van der Waals surface area contributed by atoms with E-state index in [0.29, 0.717) is 10.6 Å². The summed E-state index contributed by atoms with van der Waals surface area (Å²) in [6.45, 7) is 1.97. The lowest BCUT2D eigenvalue weighted by Gasteiger charge is -2.15. The fourth-order valence-electron chi connectivity index (χ4n) is 1.54. The summed E-state index contributed by atoms with van der Waals surface area (Å²) in [4.78, 5) is 8.24. The molecule has 0 spiro atoms. The minimum absolute atomic E-state index is 0.0101. The first-order valence-electron chi connectivity index (χ1n) is 5.43. The summed E-state index contributed by atoms with van der Waals surface area (Å²) in [6.07, 6.45) is 4.98. The normalized spacial score (nSPS) is 11.6. The first-order valence-corrected chi connectivity index (χ1v) is 5.80. The number of aromatic nitrogens is 2. The van der Waals surface area contributed by atoms with Crippen LogP contribution in [0.1, 0.15) is 24.2 Å². The van der Waals surface area contributed by atoms with Crippen LogP contribution in [0, 0.1) is 11.3 Å². The summed E-state index contributed by atoms with van der Waals surface area (Å²) in [5.41, 5.74) is 2.14. The molecule has 5 heteroatoms. The molecule has 0 radical (unpaired) electrons. The summed E-state index contributed by atoms with van der Waals surface area (Å²) < 4.78 is 0. The zero-order valence-corrected chi connectivity index (χ0v) is 10.5. The molecule has 1 aromatic heterocycles. The number of hydrogen-bond acceptors (Lipinski definition) is 4. The van der Waals surface area contributed by atoms with E-state index >= 15 is 0 Å². The van der Waals surface area contributed by atoms with E-state index in [0.717, 1.165) is 11.4 Å². The van der Waals surface area contributed by atoms with Crippen molar-refractivity contribution in [3.63, 3.8) is 0 Å². The van der Waals surface area contributed by atoms with Crippen molar-refractivity contribution in [2.75, 3.05) is 5.32 Å². The van der Waals surface area contributed by atoms with Gasteiger partial charge in [-0.3, -0.25) is 9.97 Å². The molecule has 1 N–H and O–H groups in total. The fourth-order valence-corrected chi connectivity index (χ4v) is 1.78. The van der Waals surface area contributed by atoms with Crippen LogP contribution in [0.15, 0.2) is 36.8 Å². The molecular formula is C13H11ClN4. The second kappa shape index (κ2) is 5.48. The summed E-state index contributed by atoms with van der Waals surface area (Å²) in [7, 11) is 0. The van der Waals surface area contributed by atoms with Crippen molar-refractivity contribution in [3.05, 3.63) is 53.1 Å². The molecule has 0 saturated carbocycles. The van der Waals surface area contributed by atoms with Crippen LogP contribution in [0.25, 0.3) is 0 Å². The van der Waals surface area contributed by atoms with E-state index in [9.17, 15) is 0 Å². The van der Waals surface area contributed by atoms with Gasteiger partial charge in [-0.15, -0.1) is 0 Å². The van der Waals surface area contributed by atoms with Crippen LogP contribution in [0.4, 0.5) is 5.69 Å². The summed E-state index contributed by atoms with van der Waals surface area (Å²) >= 11 is 6.09. The fraction of sp³-hybridized carbons (Fsp3) is 0.154. The molecular weight excluding hydrogens is 248 g/mol. The minimum atomic E-state index is -0.0101. The number of nitrogens with zero attached hydrogens (tertiary/aromatic N) is 3. The van der Waals surface area contributed by atoms with Gasteiger partial charge in [-0.05, 0) is 25.1 Å². The Morgan fingerprint density at radius 3 is 2.83 bits per heavy atom. The van der Waals surface area contributed by atoms with Gasteiger partial charge < -0.3 is 5.32 Å². The maximum absolute atomic E-state index is 8.77. The number of halogens is 1. The molecule has 1 aromatic carbocycles. The van der Waals surface area contributed by atoms with Gasteiger partial charge in [-0.2, -0.15) is 5.26 Å². The lowest BCUT2D eigenvalue weighted by Crippen LogP contribution is -2.09. The molecule has 1 atom stereocenters. The molecule has 1 unspecified atom stereocenters. The molecule has 0 fully saturated rings. The SMILES string of the molecule is CC(Nc1ccc(C#N)cc1Cl)c1cnccn1. The average Bonchev–Trinajstić information content (AvgIpc) is 2.42. The van der Waals surface area contributed by atoms with Crippen molar-refractivity contribution in [2.24, 2.45) is 0 Å². The second-order valence-corrected chi connectivity index (χ2v) is 4.21. The highest BCUT2D eigenvalue weighted by molar-refractivity contribution is 6.33. The molecule has 18 heavy (non-hydrogen) atoms. The highest BCUT2D eigenvalue weighted by atomic mass is 35.5. The van der Waals surface area contributed by atoms with Gasteiger partial charge in [0.25, 0.3) is 0 Å². The van der Waals surface area contributed by atoms with E-state index in [4.69, 9.17) is 16.9 Å². The Bertz CT molecular complexity index is 577. The highest BCUT2D eigenvalue weighted by Crippen LogP contribution is 2.26. The van der Waals surface area contributed by atoms with Gasteiger partial charge in [0.05, 0.1) is 40.3 Å². The molecule has 2 rings (SSSR count). The first-order chi connectivity index (χ1) is 8.70. The Hall–Kier alpha value is -2.12. The predicted octanol–water partition coefficient (Wildman–Crippen LogP) is 3.17. The highest BCUT2D eigenvalue weighted by Gasteiger charge is 2.09. The van der Waals surface area contributed by atoms with Crippen LogP contribution in [0.5, 0.6) is 0 Å².